The molecule has 3 heteroatoms. The van der Waals surface area contributed by atoms with Crippen LogP contribution >= 0.6 is 0 Å². The van der Waals surface area contributed by atoms with E-state index in [0.717, 1.165) is 37.5 Å². The summed E-state index contributed by atoms with van der Waals surface area (Å²) in [6, 6.07) is 0. The highest BCUT2D eigenvalue weighted by molar-refractivity contribution is 5.10. The van der Waals surface area contributed by atoms with Gasteiger partial charge in [-0.1, -0.05) is 13.8 Å². The summed E-state index contributed by atoms with van der Waals surface area (Å²) in [5.41, 5.74) is 0.500. The summed E-state index contributed by atoms with van der Waals surface area (Å²) in [6.45, 7) is 6.45. The minimum atomic E-state index is -1.54. The Labute approximate surface area is 146 Å². The van der Waals surface area contributed by atoms with E-state index in [1.165, 1.54) is 32.1 Å². The van der Waals surface area contributed by atoms with Crippen LogP contribution in [0.1, 0.15) is 78.6 Å². The van der Waals surface area contributed by atoms with Gasteiger partial charge in [-0.05, 0) is 99.2 Å². The Balaban J connectivity index is 1.61. The van der Waals surface area contributed by atoms with E-state index in [-0.39, 0.29) is 17.4 Å². The van der Waals surface area contributed by atoms with Gasteiger partial charge in [0.15, 0.2) is 5.79 Å². The van der Waals surface area contributed by atoms with E-state index in [0.29, 0.717) is 17.3 Å². The zero-order chi connectivity index (χ0) is 17.3. The Bertz CT molecular complexity index is 498. The van der Waals surface area contributed by atoms with E-state index in [9.17, 15) is 15.3 Å². The van der Waals surface area contributed by atoms with Crippen molar-refractivity contribution in [1.82, 2.24) is 0 Å². The highest BCUT2D eigenvalue weighted by Gasteiger charge is 2.62. The Hall–Kier alpha value is -0.120. The van der Waals surface area contributed by atoms with Crippen LogP contribution in [0, 0.1) is 40.4 Å². The van der Waals surface area contributed by atoms with Gasteiger partial charge in [-0.15, -0.1) is 0 Å². The predicted molar refractivity (Wildman–Crippen MR) is 94.1 cm³/mol. The number of hydrogen-bond donors (Lipinski definition) is 3. The van der Waals surface area contributed by atoms with Gasteiger partial charge in [0.1, 0.15) is 0 Å². The molecule has 4 aliphatic rings. The fourth-order valence-electron chi connectivity index (χ4n) is 8.13. The summed E-state index contributed by atoms with van der Waals surface area (Å²) in [4.78, 5) is 0. The number of rotatable bonds is 1. The third kappa shape index (κ3) is 2.34. The molecule has 0 aliphatic heterocycles. The Morgan fingerprint density at radius 2 is 1.50 bits per heavy atom. The second kappa shape index (κ2) is 5.44. The highest BCUT2D eigenvalue weighted by Crippen LogP contribution is 2.68. The Morgan fingerprint density at radius 3 is 2.21 bits per heavy atom. The van der Waals surface area contributed by atoms with Crippen LogP contribution in [0.4, 0.5) is 0 Å². The molecule has 0 amide bonds. The molecule has 3 nitrogen and oxygen atoms in total. The molecular weight excluding hydrogens is 300 g/mol. The molecule has 5 unspecified atom stereocenters. The summed E-state index contributed by atoms with van der Waals surface area (Å²) < 4.78 is 0. The van der Waals surface area contributed by atoms with Crippen LogP contribution in [0.3, 0.4) is 0 Å². The van der Waals surface area contributed by atoms with Gasteiger partial charge >= 0.3 is 0 Å². The van der Waals surface area contributed by atoms with Gasteiger partial charge in [0, 0.05) is 5.92 Å². The van der Waals surface area contributed by atoms with Gasteiger partial charge < -0.3 is 15.3 Å². The molecule has 138 valence electrons. The average molecular weight is 337 g/mol. The van der Waals surface area contributed by atoms with Crippen LogP contribution < -0.4 is 0 Å². The van der Waals surface area contributed by atoms with Crippen LogP contribution in [0.5, 0.6) is 0 Å². The van der Waals surface area contributed by atoms with Crippen molar-refractivity contribution in [3.63, 3.8) is 0 Å². The molecule has 0 heterocycles. The molecule has 0 aromatic heterocycles. The van der Waals surface area contributed by atoms with E-state index in [4.69, 9.17) is 0 Å². The quantitative estimate of drug-likeness (QED) is 0.640. The lowest BCUT2D eigenvalue weighted by Gasteiger charge is -2.61. The van der Waals surface area contributed by atoms with E-state index in [1.54, 1.807) is 6.92 Å². The largest absolute Gasteiger partial charge is 0.393 e. The third-order valence-corrected chi connectivity index (χ3v) is 9.30. The maximum Gasteiger partial charge on any atom is 0.163 e. The normalized spacial score (nSPS) is 54.8. The lowest BCUT2D eigenvalue weighted by atomic mass is 9.44. The second-order valence-corrected chi connectivity index (χ2v) is 10.4. The molecule has 0 radical (unpaired) electrons. The lowest BCUT2D eigenvalue weighted by molar-refractivity contribution is -0.222. The molecule has 0 aromatic carbocycles. The lowest BCUT2D eigenvalue weighted by Crippen LogP contribution is -2.55. The zero-order valence-electron chi connectivity index (χ0n) is 15.7. The first kappa shape index (κ1) is 17.3. The maximum absolute atomic E-state index is 10.3. The topological polar surface area (TPSA) is 60.7 Å². The van der Waals surface area contributed by atoms with Gasteiger partial charge in [-0.2, -0.15) is 0 Å². The SMILES string of the molecule is CC(O)(O)C1CCC2C3CC[C@H]4C[C@@H](O)CCC4(C)C3CC[C@@]21C. The van der Waals surface area contributed by atoms with Crippen LogP contribution in [0.25, 0.3) is 0 Å². The Kier molecular flexibility index (Phi) is 3.92. The number of fused-ring (bicyclic) bond motifs is 5. The third-order valence-electron chi connectivity index (χ3n) is 9.30. The monoisotopic (exact) mass is 336 g/mol. The summed E-state index contributed by atoms with van der Waals surface area (Å²) in [5.74, 6) is 1.38. The molecule has 4 saturated carbocycles. The maximum atomic E-state index is 10.3. The molecule has 0 bridgehead atoms. The zero-order valence-corrected chi connectivity index (χ0v) is 15.7. The van der Waals surface area contributed by atoms with Crippen molar-refractivity contribution in [3.8, 4) is 0 Å². The molecule has 0 saturated heterocycles. The Morgan fingerprint density at radius 1 is 0.833 bits per heavy atom. The van der Waals surface area contributed by atoms with Gasteiger partial charge in [0.05, 0.1) is 6.10 Å². The molecule has 0 aromatic rings. The summed E-state index contributed by atoms with van der Waals surface area (Å²) in [7, 11) is 0. The summed E-state index contributed by atoms with van der Waals surface area (Å²) >= 11 is 0. The number of aliphatic hydroxyl groups is 3. The molecule has 4 rings (SSSR count). The fraction of sp³-hybridized carbons (Fsp3) is 1.00. The first-order valence-corrected chi connectivity index (χ1v) is 10.3. The highest BCUT2D eigenvalue weighted by atomic mass is 16.5. The molecular formula is C21H36O3. The van der Waals surface area contributed by atoms with Gasteiger partial charge in [-0.25, -0.2) is 0 Å². The molecule has 0 spiro atoms. The molecule has 24 heavy (non-hydrogen) atoms. The van der Waals surface area contributed by atoms with E-state index < -0.39 is 5.79 Å². The molecule has 3 N–H and O–H groups in total. The number of hydrogen-bond acceptors (Lipinski definition) is 3. The number of aliphatic hydroxyl groups excluding tert-OH is 1. The van der Waals surface area contributed by atoms with Crippen molar-refractivity contribution < 1.29 is 15.3 Å². The van der Waals surface area contributed by atoms with Gasteiger partial charge in [-0.3, -0.25) is 0 Å². The predicted octanol–water partition coefficient (Wildman–Crippen LogP) is 3.71. The van der Waals surface area contributed by atoms with Crippen LogP contribution in [-0.2, 0) is 0 Å². The van der Waals surface area contributed by atoms with Crippen molar-refractivity contribution in [3.05, 3.63) is 0 Å². The van der Waals surface area contributed by atoms with E-state index in [1.807, 2.05) is 0 Å². The first-order chi connectivity index (χ1) is 11.2. The fourth-order valence-corrected chi connectivity index (χ4v) is 8.13. The van der Waals surface area contributed by atoms with Crippen LogP contribution in [0.2, 0.25) is 0 Å². The minimum Gasteiger partial charge on any atom is -0.393 e. The van der Waals surface area contributed by atoms with E-state index in [2.05, 4.69) is 13.8 Å². The standard InChI is InChI=1S/C21H36O3/c1-19-10-8-14(22)12-13(19)4-5-15-16-6-7-18(21(3,23)24)20(16,2)11-9-17(15)19/h13-18,22-24H,4-12H2,1-3H3/t13-,14-,15?,16?,17?,18?,19?,20-/m0/s1. The summed E-state index contributed by atoms with van der Waals surface area (Å²) in [5, 5.41) is 30.7. The average Bonchev–Trinajstić information content (AvgIpc) is 2.85. The molecule has 4 aliphatic carbocycles. The van der Waals surface area contributed by atoms with Crippen LogP contribution in [-0.4, -0.2) is 27.2 Å². The van der Waals surface area contributed by atoms with E-state index >= 15 is 0 Å². The first-order valence-electron chi connectivity index (χ1n) is 10.3. The van der Waals surface area contributed by atoms with Gasteiger partial charge in [0.25, 0.3) is 0 Å². The van der Waals surface area contributed by atoms with Gasteiger partial charge in [0.2, 0.25) is 0 Å². The van der Waals surface area contributed by atoms with Crippen molar-refractivity contribution in [2.45, 2.75) is 90.4 Å². The minimum absolute atomic E-state index is 0.0228. The van der Waals surface area contributed by atoms with Crippen molar-refractivity contribution in [1.29, 1.82) is 0 Å². The molecule has 8 atom stereocenters. The van der Waals surface area contributed by atoms with Crippen molar-refractivity contribution in [2.75, 3.05) is 0 Å². The molecule has 4 fully saturated rings. The van der Waals surface area contributed by atoms with Crippen molar-refractivity contribution >= 4 is 0 Å². The second-order valence-electron chi connectivity index (χ2n) is 10.4. The van der Waals surface area contributed by atoms with Crippen LogP contribution in [0.15, 0.2) is 0 Å². The smallest absolute Gasteiger partial charge is 0.163 e. The summed E-state index contributed by atoms with van der Waals surface area (Å²) in [6.07, 6.45) is 10.2. The van der Waals surface area contributed by atoms with Crippen molar-refractivity contribution in [2.24, 2.45) is 40.4 Å².